The minimum atomic E-state index is -3.72. The van der Waals surface area contributed by atoms with Crippen LogP contribution in [0.4, 0.5) is 5.69 Å². The zero-order valence-electron chi connectivity index (χ0n) is 19.8. The van der Waals surface area contributed by atoms with Crippen LogP contribution in [0.15, 0.2) is 83.8 Å². The fourth-order valence-electron chi connectivity index (χ4n) is 2.89. The normalized spacial score (nSPS) is 11.4. The lowest BCUT2D eigenvalue weighted by atomic mass is 10.1. The van der Waals surface area contributed by atoms with Gasteiger partial charge in [0.1, 0.15) is 12.4 Å². The molecule has 1 unspecified atom stereocenters. The van der Waals surface area contributed by atoms with E-state index in [1.165, 1.54) is 12.1 Å². The van der Waals surface area contributed by atoms with E-state index in [-0.39, 0.29) is 23.4 Å². The number of ether oxygens (including phenoxy) is 1. The summed E-state index contributed by atoms with van der Waals surface area (Å²) in [5.41, 5.74) is 2.60. The molecule has 37 heavy (non-hydrogen) atoms. The Kier molecular flexibility index (Phi) is 10.8. The number of nitrogens with one attached hydrogen (secondary N) is 2. The molecule has 1 amide bonds. The molecule has 0 heterocycles. The second kappa shape index (κ2) is 13.7. The van der Waals surface area contributed by atoms with Crippen LogP contribution in [0.1, 0.15) is 24.1 Å². The van der Waals surface area contributed by atoms with Gasteiger partial charge >= 0.3 is 11.9 Å². The van der Waals surface area contributed by atoms with Gasteiger partial charge in [0.05, 0.1) is 11.4 Å². The van der Waals surface area contributed by atoms with Crippen LogP contribution in [0.2, 0.25) is 0 Å². The quantitative estimate of drug-likeness (QED) is 0.259. The SMILES string of the molecule is CC(NCC(=O)Nc1ccc(OCc2ccccc2)cc1)c1ccc(S(N)(=O)=O)cc1.O=C(O)C(=O)O. The summed E-state index contributed by atoms with van der Waals surface area (Å²) in [7, 11) is -3.72. The number of primary sulfonamides is 1. The molecule has 196 valence electrons. The first-order chi connectivity index (χ1) is 17.5. The summed E-state index contributed by atoms with van der Waals surface area (Å²) in [5, 5.41) is 25.8. The van der Waals surface area contributed by atoms with Crippen molar-refractivity contribution in [3.8, 4) is 5.75 Å². The highest BCUT2D eigenvalue weighted by atomic mass is 32.2. The topological polar surface area (TPSA) is 185 Å². The Balaban J connectivity index is 0.000000717. The number of amides is 1. The summed E-state index contributed by atoms with van der Waals surface area (Å²) in [6.45, 7) is 2.47. The molecule has 11 nitrogen and oxygen atoms in total. The fourth-order valence-corrected chi connectivity index (χ4v) is 3.41. The summed E-state index contributed by atoms with van der Waals surface area (Å²) >= 11 is 0. The van der Waals surface area contributed by atoms with Crippen LogP contribution in [0.5, 0.6) is 5.75 Å². The Hall–Kier alpha value is -4.26. The number of aliphatic carboxylic acids is 2. The monoisotopic (exact) mass is 529 g/mol. The Bertz CT molecular complexity index is 1280. The van der Waals surface area contributed by atoms with Crippen LogP contribution in [0.25, 0.3) is 0 Å². The number of rotatable bonds is 9. The second-order valence-corrected chi connectivity index (χ2v) is 9.24. The van der Waals surface area contributed by atoms with Gasteiger partial charge < -0.3 is 25.6 Å². The van der Waals surface area contributed by atoms with Gasteiger partial charge in [0, 0.05) is 11.7 Å². The third-order valence-corrected chi connectivity index (χ3v) is 5.78. The fraction of sp³-hybridized carbons (Fsp3) is 0.160. The molecule has 0 saturated heterocycles. The van der Waals surface area contributed by atoms with E-state index in [1.54, 1.807) is 24.3 Å². The maximum Gasteiger partial charge on any atom is 0.414 e. The van der Waals surface area contributed by atoms with E-state index in [0.717, 1.165) is 16.9 Å². The smallest absolute Gasteiger partial charge is 0.414 e. The molecule has 0 aromatic heterocycles. The number of sulfonamides is 1. The lowest BCUT2D eigenvalue weighted by Crippen LogP contribution is -2.30. The molecule has 12 heteroatoms. The molecule has 3 aromatic carbocycles. The molecule has 0 aliphatic heterocycles. The number of hydrogen-bond donors (Lipinski definition) is 5. The average molecular weight is 530 g/mol. The zero-order valence-corrected chi connectivity index (χ0v) is 20.6. The van der Waals surface area contributed by atoms with Crippen LogP contribution in [0.3, 0.4) is 0 Å². The molecule has 0 spiro atoms. The maximum atomic E-state index is 12.2. The van der Waals surface area contributed by atoms with Gasteiger partial charge in [-0.05, 0) is 54.4 Å². The van der Waals surface area contributed by atoms with Gasteiger partial charge in [-0.25, -0.2) is 23.1 Å². The standard InChI is InChI=1S/C23H25N3O4S.C2H2O4/c1-17(19-7-13-22(14-8-19)31(24,28)29)25-15-23(27)26-20-9-11-21(12-10-20)30-16-18-5-3-2-4-6-18;3-1(4)2(5)6/h2-14,17,25H,15-16H2,1H3,(H,26,27)(H2,24,28,29);(H,3,4)(H,5,6). The molecule has 0 aliphatic rings. The van der Waals surface area contributed by atoms with Gasteiger partial charge in [0.25, 0.3) is 0 Å². The predicted octanol–water partition coefficient (Wildman–Crippen LogP) is 2.36. The molecule has 0 saturated carbocycles. The molecule has 0 bridgehead atoms. The molecule has 3 aromatic rings. The first-order valence-electron chi connectivity index (χ1n) is 10.8. The van der Waals surface area contributed by atoms with Crippen LogP contribution in [-0.4, -0.2) is 43.0 Å². The number of nitrogens with two attached hydrogens (primary N) is 1. The number of carboxylic acid groups (broad SMARTS) is 2. The second-order valence-electron chi connectivity index (χ2n) is 7.67. The van der Waals surface area contributed by atoms with Gasteiger partial charge in [-0.15, -0.1) is 0 Å². The molecular formula is C25H27N3O8S. The highest BCUT2D eigenvalue weighted by Crippen LogP contribution is 2.18. The summed E-state index contributed by atoms with van der Waals surface area (Å²) in [6.07, 6.45) is 0. The van der Waals surface area contributed by atoms with Crippen LogP contribution < -0.4 is 20.5 Å². The van der Waals surface area contributed by atoms with E-state index < -0.39 is 22.0 Å². The third-order valence-electron chi connectivity index (χ3n) is 4.85. The van der Waals surface area contributed by atoms with Crippen LogP contribution in [0, 0.1) is 0 Å². The van der Waals surface area contributed by atoms with Gasteiger partial charge in [-0.3, -0.25) is 4.79 Å². The molecule has 0 radical (unpaired) electrons. The highest BCUT2D eigenvalue weighted by Gasteiger charge is 2.11. The number of carbonyl (C=O) groups is 3. The Morgan fingerprint density at radius 1 is 0.892 bits per heavy atom. The van der Waals surface area contributed by atoms with E-state index in [0.29, 0.717) is 12.3 Å². The number of hydrogen-bond acceptors (Lipinski definition) is 7. The van der Waals surface area contributed by atoms with Crippen LogP contribution >= 0.6 is 0 Å². The molecule has 0 aliphatic carbocycles. The third kappa shape index (κ3) is 10.5. The van der Waals surface area contributed by atoms with Crippen molar-refractivity contribution < 1.29 is 37.8 Å². The predicted molar refractivity (Wildman–Crippen MR) is 135 cm³/mol. The number of carbonyl (C=O) groups excluding carboxylic acids is 1. The van der Waals surface area contributed by atoms with Crippen LogP contribution in [-0.2, 0) is 31.0 Å². The summed E-state index contributed by atoms with van der Waals surface area (Å²) in [6, 6.07) is 23.2. The highest BCUT2D eigenvalue weighted by molar-refractivity contribution is 7.89. The molecule has 6 N–H and O–H groups in total. The van der Waals surface area contributed by atoms with Crippen molar-refractivity contribution in [2.75, 3.05) is 11.9 Å². The Labute approximate surface area is 213 Å². The summed E-state index contributed by atoms with van der Waals surface area (Å²) in [5.74, 6) is -3.12. The molecule has 0 fully saturated rings. The maximum absolute atomic E-state index is 12.2. The van der Waals surface area contributed by atoms with E-state index in [1.807, 2.05) is 49.4 Å². The first kappa shape index (κ1) is 29.0. The Morgan fingerprint density at radius 3 is 1.97 bits per heavy atom. The summed E-state index contributed by atoms with van der Waals surface area (Å²) < 4.78 is 28.4. The molecule has 3 rings (SSSR count). The lowest BCUT2D eigenvalue weighted by molar-refractivity contribution is -0.159. The van der Waals surface area contributed by atoms with Crippen molar-refractivity contribution >= 4 is 33.6 Å². The number of anilines is 1. The van der Waals surface area contributed by atoms with Gasteiger partial charge in [-0.1, -0.05) is 42.5 Å². The summed E-state index contributed by atoms with van der Waals surface area (Å²) in [4.78, 5) is 30.5. The van der Waals surface area contributed by atoms with Gasteiger partial charge in [0.2, 0.25) is 15.9 Å². The van der Waals surface area contributed by atoms with E-state index >= 15 is 0 Å². The van der Waals surface area contributed by atoms with Gasteiger partial charge in [-0.2, -0.15) is 0 Å². The van der Waals surface area contributed by atoms with Crippen molar-refractivity contribution in [1.29, 1.82) is 0 Å². The number of carboxylic acids is 2. The minimum absolute atomic E-state index is 0.0531. The van der Waals surface area contributed by atoms with Crippen molar-refractivity contribution in [3.05, 3.63) is 90.0 Å². The van der Waals surface area contributed by atoms with Gasteiger partial charge in [0.15, 0.2) is 0 Å². The molecule has 1 atom stereocenters. The first-order valence-corrected chi connectivity index (χ1v) is 12.4. The van der Waals surface area contributed by atoms with Crippen molar-refractivity contribution in [3.63, 3.8) is 0 Å². The van der Waals surface area contributed by atoms with Crippen molar-refractivity contribution in [2.45, 2.75) is 24.5 Å². The van der Waals surface area contributed by atoms with E-state index in [2.05, 4.69) is 10.6 Å². The number of benzene rings is 3. The molecular weight excluding hydrogens is 502 g/mol. The van der Waals surface area contributed by atoms with Crippen molar-refractivity contribution in [2.24, 2.45) is 5.14 Å². The minimum Gasteiger partial charge on any atom is -0.489 e. The average Bonchev–Trinajstić information content (AvgIpc) is 2.87. The van der Waals surface area contributed by atoms with E-state index in [4.69, 9.17) is 29.7 Å². The van der Waals surface area contributed by atoms with Crippen molar-refractivity contribution in [1.82, 2.24) is 5.32 Å². The lowest BCUT2D eigenvalue weighted by Gasteiger charge is -2.15. The van der Waals surface area contributed by atoms with E-state index in [9.17, 15) is 13.2 Å². The zero-order chi connectivity index (χ0) is 27.4. The largest absolute Gasteiger partial charge is 0.489 e. The Morgan fingerprint density at radius 2 is 1.46 bits per heavy atom.